The lowest BCUT2D eigenvalue weighted by molar-refractivity contribution is -0.00328. The van der Waals surface area contributed by atoms with E-state index in [0.717, 1.165) is 5.92 Å². The first-order chi connectivity index (χ1) is 7.88. The lowest BCUT2D eigenvalue weighted by Crippen LogP contribution is -2.41. The Bertz CT molecular complexity index is 184. The Morgan fingerprint density at radius 3 is 1.47 bits per heavy atom. The molecular weight excluding hydrogens is 204 g/mol. The zero-order valence-electron chi connectivity index (χ0n) is 13.5. The molecule has 0 amide bonds. The Hall–Kier alpha value is 0. The van der Waals surface area contributed by atoms with Gasteiger partial charge >= 0.3 is 0 Å². The fraction of sp³-hybridized carbons (Fsp3) is 1.00. The summed E-state index contributed by atoms with van der Waals surface area (Å²) in [5.74, 6) is 0.784. The number of unbranched alkanes of at least 4 members (excludes halogenated alkanes) is 2. The summed E-state index contributed by atoms with van der Waals surface area (Å²) in [7, 11) is 0. The zero-order chi connectivity index (χ0) is 13.5. The van der Waals surface area contributed by atoms with Crippen LogP contribution in [0.2, 0.25) is 0 Å². The Morgan fingerprint density at radius 1 is 0.824 bits per heavy atom. The summed E-state index contributed by atoms with van der Waals surface area (Å²) in [5.41, 5.74) is 1.03. The van der Waals surface area contributed by atoms with Gasteiger partial charge in [0.2, 0.25) is 0 Å². The standard InChI is InChI=1S/C17H36/c1-8-11-13-16(6,14-12-9-2)17(7,10-3)15(4)5/h15H,8-14H2,1-7H3. The lowest BCUT2D eigenvalue weighted by Gasteiger charge is -2.50. The molecule has 0 fully saturated rings. The van der Waals surface area contributed by atoms with Crippen molar-refractivity contribution in [3.63, 3.8) is 0 Å². The van der Waals surface area contributed by atoms with Crippen LogP contribution in [0.15, 0.2) is 0 Å². The molecule has 1 atom stereocenters. The summed E-state index contributed by atoms with van der Waals surface area (Å²) >= 11 is 0. The van der Waals surface area contributed by atoms with E-state index in [9.17, 15) is 0 Å². The predicted octanol–water partition coefficient (Wildman–Crippen LogP) is 6.45. The van der Waals surface area contributed by atoms with Crippen molar-refractivity contribution in [3.8, 4) is 0 Å². The molecule has 0 saturated carbocycles. The number of hydrogen-bond donors (Lipinski definition) is 0. The summed E-state index contributed by atoms with van der Waals surface area (Å²) in [6.07, 6.45) is 9.58. The van der Waals surface area contributed by atoms with Crippen LogP contribution in [0.1, 0.15) is 93.4 Å². The molecule has 0 saturated heterocycles. The fourth-order valence-electron chi connectivity index (χ4n) is 3.36. The van der Waals surface area contributed by atoms with Crippen LogP contribution in [0.3, 0.4) is 0 Å². The first-order valence-corrected chi connectivity index (χ1v) is 7.88. The van der Waals surface area contributed by atoms with Gasteiger partial charge in [0.25, 0.3) is 0 Å². The van der Waals surface area contributed by atoms with Crippen molar-refractivity contribution in [2.45, 2.75) is 93.4 Å². The first kappa shape index (κ1) is 17.0. The van der Waals surface area contributed by atoms with E-state index in [1.807, 2.05) is 0 Å². The van der Waals surface area contributed by atoms with Crippen LogP contribution >= 0.6 is 0 Å². The number of rotatable bonds is 9. The molecule has 0 aromatic heterocycles. The molecule has 0 spiro atoms. The van der Waals surface area contributed by atoms with E-state index in [1.165, 1.54) is 44.9 Å². The van der Waals surface area contributed by atoms with Gasteiger partial charge in [0.1, 0.15) is 0 Å². The molecule has 104 valence electrons. The normalized spacial score (nSPS) is 16.2. The van der Waals surface area contributed by atoms with Gasteiger partial charge in [-0.15, -0.1) is 0 Å². The average molecular weight is 240 g/mol. The second-order valence-corrected chi connectivity index (χ2v) is 6.69. The molecule has 0 aromatic rings. The smallest absolute Gasteiger partial charge is 0.0252 e. The lowest BCUT2D eigenvalue weighted by atomic mass is 9.55. The van der Waals surface area contributed by atoms with E-state index in [1.54, 1.807) is 0 Å². The molecule has 0 heteroatoms. The first-order valence-electron chi connectivity index (χ1n) is 7.88. The minimum absolute atomic E-state index is 0.497. The van der Waals surface area contributed by atoms with Crippen LogP contribution in [0, 0.1) is 16.7 Å². The van der Waals surface area contributed by atoms with Crippen LogP contribution < -0.4 is 0 Å². The summed E-state index contributed by atoms with van der Waals surface area (Å²) in [6, 6.07) is 0. The molecule has 0 rings (SSSR count). The van der Waals surface area contributed by atoms with Crippen molar-refractivity contribution in [2.75, 3.05) is 0 Å². The van der Waals surface area contributed by atoms with Gasteiger partial charge < -0.3 is 0 Å². The minimum Gasteiger partial charge on any atom is -0.0654 e. The van der Waals surface area contributed by atoms with Gasteiger partial charge in [-0.1, -0.05) is 74.1 Å². The van der Waals surface area contributed by atoms with Gasteiger partial charge in [-0.2, -0.15) is 0 Å². The zero-order valence-corrected chi connectivity index (χ0v) is 13.5. The highest BCUT2D eigenvalue weighted by Crippen LogP contribution is 2.53. The van der Waals surface area contributed by atoms with Gasteiger partial charge in [0.15, 0.2) is 0 Å². The highest BCUT2D eigenvalue weighted by atomic mass is 14.5. The van der Waals surface area contributed by atoms with Crippen LogP contribution in [-0.4, -0.2) is 0 Å². The molecule has 0 radical (unpaired) electrons. The maximum Gasteiger partial charge on any atom is -0.0252 e. The van der Waals surface area contributed by atoms with Crippen LogP contribution in [0.4, 0.5) is 0 Å². The van der Waals surface area contributed by atoms with Gasteiger partial charge in [0.05, 0.1) is 0 Å². The second kappa shape index (κ2) is 7.44. The Kier molecular flexibility index (Phi) is 7.44. The third-order valence-electron chi connectivity index (χ3n) is 5.55. The predicted molar refractivity (Wildman–Crippen MR) is 80.4 cm³/mol. The summed E-state index contributed by atoms with van der Waals surface area (Å²) in [6.45, 7) is 16.9. The molecule has 0 aliphatic heterocycles. The van der Waals surface area contributed by atoms with Crippen molar-refractivity contribution in [2.24, 2.45) is 16.7 Å². The van der Waals surface area contributed by atoms with E-state index in [4.69, 9.17) is 0 Å². The van der Waals surface area contributed by atoms with Crippen molar-refractivity contribution in [1.82, 2.24) is 0 Å². The highest BCUT2D eigenvalue weighted by molar-refractivity contribution is 4.93. The average Bonchev–Trinajstić information content (AvgIpc) is 2.32. The third-order valence-corrected chi connectivity index (χ3v) is 5.55. The van der Waals surface area contributed by atoms with E-state index in [0.29, 0.717) is 10.8 Å². The largest absolute Gasteiger partial charge is 0.0654 e. The maximum absolute atomic E-state index is 2.56. The molecule has 0 N–H and O–H groups in total. The third kappa shape index (κ3) is 4.00. The summed E-state index contributed by atoms with van der Waals surface area (Å²) < 4.78 is 0. The molecule has 0 aliphatic rings. The fourth-order valence-corrected chi connectivity index (χ4v) is 3.36. The Balaban J connectivity index is 4.96. The minimum atomic E-state index is 0.497. The van der Waals surface area contributed by atoms with Crippen LogP contribution in [0.5, 0.6) is 0 Å². The van der Waals surface area contributed by atoms with Crippen molar-refractivity contribution >= 4 is 0 Å². The Morgan fingerprint density at radius 2 is 1.24 bits per heavy atom. The van der Waals surface area contributed by atoms with E-state index in [2.05, 4.69) is 48.5 Å². The maximum atomic E-state index is 2.56. The van der Waals surface area contributed by atoms with Gasteiger partial charge in [-0.05, 0) is 36.0 Å². The quantitative estimate of drug-likeness (QED) is 0.434. The second-order valence-electron chi connectivity index (χ2n) is 6.69. The van der Waals surface area contributed by atoms with Crippen molar-refractivity contribution in [3.05, 3.63) is 0 Å². The molecule has 1 unspecified atom stereocenters. The monoisotopic (exact) mass is 240 g/mol. The topological polar surface area (TPSA) is 0 Å². The SMILES string of the molecule is CCCCC(C)(CCCC)C(C)(CC)C(C)C. The molecule has 17 heavy (non-hydrogen) atoms. The van der Waals surface area contributed by atoms with Gasteiger partial charge in [-0.25, -0.2) is 0 Å². The van der Waals surface area contributed by atoms with E-state index < -0.39 is 0 Å². The van der Waals surface area contributed by atoms with Gasteiger partial charge in [0, 0.05) is 0 Å². The molecule has 0 aliphatic carbocycles. The Labute approximate surface area is 111 Å². The summed E-state index contributed by atoms with van der Waals surface area (Å²) in [5, 5.41) is 0. The summed E-state index contributed by atoms with van der Waals surface area (Å²) in [4.78, 5) is 0. The van der Waals surface area contributed by atoms with Crippen LogP contribution in [0.25, 0.3) is 0 Å². The molecule has 0 nitrogen and oxygen atoms in total. The highest BCUT2D eigenvalue weighted by Gasteiger charge is 2.43. The molecular formula is C17H36. The van der Waals surface area contributed by atoms with E-state index >= 15 is 0 Å². The number of hydrogen-bond acceptors (Lipinski definition) is 0. The van der Waals surface area contributed by atoms with Crippen molar-refractivity contribution < 1.29 is 0 Å². The molecule has 0 bridgehead atoms. The van der Waals surface area contributed by atoms with Crippen LogP contribution in [-0.2, 0) is 0 Å². The molecule has 0 heterocycles. The van der Waals surface area contributed by atoms with Gasteiger partial charge in [-0.3, -0.25) is 0 Å². The van der Waals surface area contributed by atoms with E-state index in [-0.39, 0.29) is 0 Å². The molecule has 0 aromatic carbocycles. The van der Waals surface area contributed by atoms with Crippen molar-refractivity contribution in [1.29, 1.82) is 0 Å².